The van der Waals surface area contributed by atoms with Crippen molar-refractivity contribution < 1.29 is 13.2 Å². The molecule has 2 rings (SSSR count). The second-order valence-corrected chi connectivity index (χ2v) is 7.19. The summed E-state index contributed by atoms with van der Waals surface area (Å²) in [6.07, 6.45) is 1.54. The lowest BCUT2D eigenvalue weighted by molar-refractivity contribution is 0.229. The van der Waals surface area contributed by atoms with E-state index in [4.69, 9.17) is 4.74 Å². The van der Waals surface area contributed by atoms with Crippen LogP contribution >= 0.6 is 0 Å². The fourth-order valence-electron chi connectivity index (χ4n) is 2.14. The summed E-state index contributed by atoms with van der Waals surface area (Å²) in [6.45, 7) is 4.00. The highest BCUT2D eigenvalue weighted by atomic mass is 32.2. The lowest BCUT2D eigenvalue weighted by Crippen LogP contribution is -2.17. The topological polar surface area (TPSA) is 55.4 Å². The van der Waals surface area contributed by atoms with Crippen molar-refractivity contribution in [3.63, 3.8) is 0 Å². The van der Waals surface area contributed by atoms with Gasteiger partial charge in [0.05, 0.1) is 11.5 Å². The van der Waals surface area contributed by atoms with Crippen LogP contribution in [0.3, 0.4) is 0 Å². The predicted molar refractivity (Wildman–Crippen MR) is 76.1 cm³/mol. The van der Waals surface area contributed by atoms with E-state index >= 15 is 0 Å². The van der Waals surface area contributed by atoms with Gasteiger partial charge in [0.25, 0.3) is 0 Å². The molecule has 1 aromatic carbocycles. The van der Waals surface area contributed by atoms with Gasteiger partial charge in [0.1, 0.15) is 11.9 Å². The summed E-state index contributed by atoms with van der Waals surface area (Å²) in [5.41, 5.74) is 1.21. The van der Waals surface area contributed by atoms with Gasteiger partial charge >= 0.3 is 0 Å². The van der Waals surface area contributed by atoms with Crippen LogP contribution in [0.1, 0.15) is 25.3 Å². The normalized spacial score (nSPS) is 21.4. The Balaban J connectivity index is 1.85. The Hall–Kier alpha value is -1.07. The smallest absolute Gasteiger partial charge is 0.154 e. The van der Waals surface area contributed by atoms with E-state index in [1.165, 1.54) is 5.56 Å². The standard InChI is InChI=1S/C14H21NO3S/c1-2-8-15-10-12-3-5-13(6-4-12)18-14-7-9-19(16,17)11-14/h3-6,14-15H,2,7-11H2,1H3. The minimum Gasteiger partial charge on any atom is -0.489 e. The number of sulfone groups is 1. The Kier molecular flexibility index (Phi) is 4.82. The molecular weight excluding hydrogens is 262 g/mol. The van der Waals surface area contributed by atoms with Gasteiger partial charge in [-0.25, -0.2) is 8.42 Å². The van der Waals surface area contributed by atoms with Gasteiger partial charge in [-0.2, -0.15) is 0 Å². The molecule has 1 fully saturated rings. The summed E-state index contributed by atoms with van der Waals surface area (Å²) in [5, 5.41) is 3.33. The summed E-state index contributed by atoms with van der Waals surface area (Å²) < 4.78 is 28.4. The maximum atomic E-state index is 11.3. The second kappa shape index (κ2) is 6.39. The van der Waals surface area contributed by atoms with Gasteiger partial charge < -0.3 is 10.1 Å². The summed E-state index contributed by atoms with van der Waals surface area (Å²) >= 11 is 0. The van der Waals surface area contributed by atoms with Crippen LogP contribution in [0, 0.1) is 0 Å². The largest absolute Gasteiger partial charge is 0.489 e. The van der Waals surface area contributed by atoms with E-state index in [9.17, 15) is 8.42 Å². The zero-order valence-electron chi connectivity index (χ0n) is 11.3. The lowest BCUT2D eigenvalue weighted by Gasteiger charge is -2.12. The first kappa shape index (κ1) is 14.3. The highest BCUT2D eigenvalue weighted by Crippen LogP contribution is 2.20. The molecule has 19 heavy (non-hydrogen) atoms. The quantitative estimate of drug-likeness (QED) is 0.808. The van der Waals surface area contributed by atoms with Crippen LogP contribution in [-0.2, 0) is 16.4 Å². The Morgan fingerprint density at radius 3 is 2.63 bits per heavy atom. The maximum Gasteiger partial charge on any atom is 0.154 e. The van der Waals surface area contributed by atoms with Gasteiger partial charge in [-0.1, -0.05) is 19.1 Å². The first-order chi connectivity index (χ1) is 9.09. The van der Waals surface area contributed by atoms with Crippen LogP contribution in [0.5, 0.6) is 5.75 Å². The van der Waals surface area contributed by atoms with Gasteiger partial charge in [-0.05, 0) is 37.1 Å². The van der Waals surface area contributed by atoms with Gasteiger partial charge in [-0.3, -0.25) is 0 Å². The molecule has 0 aromatic heterocycles. The van der Waals surface area contributed by atoms with Crippen LogP contribution in [0.15, 0.2) is 24.3 Å². The number of hydrogen-bond donors (Lipinski definition) is 1. The van der Waals surface area contributed by atoms with Crippen LogP contribution < -0.4 is 10.1 Å². The molecule has 1 unspecified atom stereocenters. The molecule has 0 bridgehead atoms. The van der Waals surface area contributed by atoms with Crippen molar-refractivity contribution >= 4 is 9.84 Å². The number of nitrogens with one attached hydrogen (secondary N) is 1. The van der Waals surface area contributed by atoms with E-state index in [1.54, 1.807) is 0 Å². The van der Waals surface area contributed by atoms with Crippen LogP contribution in [-0.4, -0.2) is 32.6 Å². The highest BCUT2D eigenvalue weighted by molar-refractivity contribution is 7.91. The average Bonchev–Trinajstić information content (AvgIpc) is 2.71. The van der Waals surface area contributed by atoms with Gasteiger partial charge in [0.2, 0.25) is 0 Å². The molecule has 1 aromatic rings. The minimum absolute atomic E-state index is 0.146. The highest BCUT2D eigenvalue weighted by Gasteiger charge is 2.29. The summed E-state index contributed by atoms with van der Waals surface area (Å²) in [5.74, 6) is 1.14. The third kappa shape index (κ3) is 4.51. The Bertz CT molecular complexity index is 496. The average molecular weight is 283 g/mol. The third-order valence-corrected chi connectivity index (χ3v) is 4.91. The zero-order valence-corrected chi connectivity index (χ0v) is 12.1. The molecule has 5 heteroatoms. The Labute approximate surface area is 115 Å². The van der Waals surface area contributed by atoms with E-state index in [0.29, 0.717) is 6.42 Å². The van der Waals surface area contributed by atoms with Crippen molar-refractivity contribution in [3.05, 3.63) is 29.8 Å². The molecular formula is C14H21NO3S. The fraction of sp³-hybridized carbons (Fsp3) is 0.571. The molecule has 1 aliphatic heterocycles. The third-order valence-electron chi connectivity index (χ3n) is 3.17. The van der Waals surface area contributed by atoms with E-state index in [0.717, 1.165) is 25.3 Å². The second-order valence-electron chi connectivity index (χ2n) is 4.96. The lowest BCUT2D eigenvalue weighted by atomic mass is 10.2. The molecule has 0 radical (unpaired) electrons. The van der Waals surface area contributed by atoms with Gasteiger partial charge in [-0.15, -0.1) is 0 Å². The van der Waals surface area contributed by atoms with E-state index in [-0.39, 0.29) is 17.6 Å². The van der Waals surface area contributed by atoms with E-state index < -0.39 is 9.84 Å². The molecule has 0 aliphatic carbocycles. The summed E-state index contributed by atoms with van der Waals surface area (Å²) in [4.78, 5) is 0. The van der Waals surface area contributed by atoms with Crippen molar-refractivity contribution in [3.8, 4) is 5.75 Å². The van der Waals surface area contributed by atoms with Crippen LogP contribution in [0.4, 0.5) is 0 Å². The van der Waals surface area contributed by atoms with Gasteiger partial charge in [0.15, 0.2) is 9.84 Å². The Morgan fingerprint density at radius 2 is 2.05 bits per heavy atom. The molecule has 1 heterocycles. The van der Waals surface area contributed by atoms with E-state index in [1.807, 2.05) is 24.3 Å². The zero-order chi connectivity index (χ0) is 13.7. The number of rotatable bonds is 6. The van der Waals surface area contributed by atoms with Crippen LogP contribution in [0.2, 0.25) is 0 Å². The first-order valence-corrected chi connectivity index (χ1v) is 8.58. The van der Waals surface area contributed by atoms with Crippen molar-refractivity contribution in [1.82, 2.24) is 5.32 Å². The van der Waals surface area contributed by atoms with E-state index in [2.05, 4.69) is 12.2 Å². The number of benzene rings is 1. The fourth-order valence-corrected chi connectivity index (χ4v) is 3.73. The molecule has 1 N–H and O–H groups in total. The number of ether oxygens (including phenoxy) is 1. The molecule has 1 atom stereocenters. The number of hydrogen-bond acceptors (Lipinski definition) is 4. The van der Waals surface area contributed by atoms with Crippen LogP contribution in [0.25, 0.3) is 0 Å². The SMILES string of the molecule is CCCNCc1ccc(OC2CCS(=O)(=O)C2)cc1. The Morgan fingerprint density at radius 1 is 1.32 bits per heavy atom. The molecule has 0 saturated carbocycles. The van der Waals surface area contributed by atoms with Gasteiger partial charge in [0, 0.05) is 6.54 Å². The predicted octanol–water partition coefficient (Wildman–Crippen LogP) is 1.75. The van der Waals surface area contributed by atoms with Crippen molar-refractivity contribution in [2.45, 2.75) is 32.4 Å². The molecule has 0 amide bonds. The monoisotopic (exact) mass is 283 g/mol. The maximum absolute atomic E-state index is 11.3. The minimum atomic E-state index is -2.87. The molecule has 1 saturated heterocycles. The molecule has 0 spiro atoms. The summed E-state index contributed by atoms with van der Waals surface area (Å²) in [7, 11) is -2.87. The molecule has 4 nitrogen and oxygen atoms in total. The molecule has 1 aliphatic rings. The first-order valence-electron chi connectivity index (χ1n) is 6.76. The summed E-state index contributed by atoms with van der Waals surface area (Å²) in [6, 6.07) is 7.85. The van der Waals surface area contributed by atoms with Crippen molar-refractivity contribution in [2.24, 2.45) is 0 Å². The van der Waals surface area contributed by atoms with Crippen molar-refractivity contribution in [2.75, 3.05) is 18.1 Å². The van der Waals surface area contributed by atoms with Crippen molar-refractivity contribution in [1.29, 1.82) is 0 Å². The molecule has 106 valence electrons.